The lowest BCUT2D eigenvalue weighted by atomic mass is 10.2. The molecule has 0 spiro atoms. The van der Waals surface area contributed by atoms with Crippen molar-refractivity contribution in [3.8, 4) is 0 Å². The van der Waals surface area contributed by atoms with Gasteiger partial charge in [-0.3, -0.25) is 9.69 Å². The maximum Gasteiger partial charge on any atom is 0.226 e. The van der Waals surface area contributed by atoms with Crippen LogP contribution < -0.4 is 0 Å². The molecular weight excluding hydrogens is 350 g/mol. The Bertz CT molecular complexity index is 706. The summed E-state index contributed by atoms with van der Waals surface area (Å²) >= 11 is 1.69. The summed E-state index contributed by atoms with van der Waals surface area (Å²) in [4.78, 5) is 25.6. The van der Waals surface area contributed by atoms with Crippen LogP contribution in [0.5, 0.6) is 0 Å². The first-order valence-corrected chi connectivity index (χ1v) is 10.2. The fourth-order valence-corrected chi connectivity index (χ4v) is 3.73. The molecule has 26 heavy (non-hydrogen) atoms. The van der Waals surface area contributed by atoms with Crippen LogP contribution in [0.15, 0.2) is 9.90 Å². The molecule has 0 aliphatic carbocycles. The van der Waals surface area contributed by atoms with Gasteiger partial charge in [0, 0.05) is 57.4 Å². The Balaban J connectivity index is 1.35. The van der Waals surface area contributed by atoms with Gasteiger partial charge < -0.3 is 9.42 Å². The normalized spacial score (nSPS) is 15.5. The van der Waals surface area contributed by atoms with E-state index in [1.807, 2.05) is 11.8 Å². The Kier molecular flexibility index (Phi) is 6.73. The summed E-state index contributed by atoms with van der Waals surface area (Å²) in [5.74, 6) is 1.63. The smallest absolute Gasteiger partial charge is 0.226 e. The van der Waals surface area contributed by atoms with E-state index >= 15 is 0 Å². The number of thiazole rings is 1. The van der Waals surface area contributed by atoms with Gasteiger partial charge in [0.15, 0.2) is 5.82 Å². The third-order valence-electron chi connectivity index (χ3n) is 4.54. The van der Waals surface area contributed by atoms with Crippen LogP contribution in [0.1, 0.15) is 48.6 Å². The first-order valence-electron chi connectivity index (χ1n) is 9.36. The molecule has 2 aromatic rings. The number of aromatic nitrogens is 3. The van der Waals surface area contributed by atoms with Crippen molar-refractivity contribution >= 4 is 17.2 Å². The molecule has 8 heteroatoms. The minimum Gasteiger partial charge on any atom is -0.340 e. The molecule has 1 amide bonds. The summed E-state index contributed by atoms with van der Waals surface area (Å²) in [7, 11) is 0. The van der Waals surface area contributed by atoms with Gasteiger partial charge in [0.1, 0.15) is 0 Å². The highest BCUT2D eigenvalue weighted by Gasteiger charge is 2.21. The predicted octanol–water partition coefficient (Wildman–Crippen LogP) is 2.45. The molecule has 0 atom stereocenters. The van der Waals surface area contributed by atoms with Crippen LogP contribution in [0.3, 0.4) is 0 Å². The van der Waals surface area contributed by atoms with Gasteiger partial charge in [-0.25, -0.2) is 4.98 Å². The molecule has 3 rings (SSSR count). The second-order valence-corrected chi connectivity index (χ2v) is 7.78. The second kappa shape index (κ2) is 9.23. The number of carbonyl (C=O) groups is 1. The van der Waals surface area contributed by atoms with Gasteiger partial charge in [-0.2, -0.15) is 4.98 Å². The third-order valence-corrected chi connectivity index (χ3v) is 5.36. The molecule has 0 radical (unpaired) electrons. The van der Waals surface area contributed by atoms with Gasteiger partial charge >= 0.3 is 0 Å². The number of hydrogen-bond acceptors (Lipinski definition) is 7. The molecule has 0 bridgehead atoms. The van der Waals surface area contributed by atoms with Crippen LogP contribution in [-0.4, -0.2) is 57.0 Å². The number of rotatable bonds is 8. The molecule has 1 saturated heterocycles. The zero-order chi connectivity index (χ0) is 18.4. The van der Waals surface area contributed by atoms with Gasteiger partial charge in [-0.1, -0.05) is 12.1 Å². The van der Waals surface area contributed by atoms with Crippen LogP contribution in [0, 0.1) is 6.92 Å². The molecule has 0 N–H and O–H groups in total. The van der Waals surface area contributed by atoms with Crippen molar-refractivity contribution in [3.05, 3.63) is 27.8 Å². The van der Waals surface area contributed by atoms with Crippen molar-refractivity contribution in [2.45, 2.75) is 52.5 Å². The SMILES string of the molecule is CCCc1noc(CCCC(=O)N2CCN(Cc3csc(C)n3)CC2)n1. The Morgan fingerprint density at radius 3 is 2.73 bits per heavy atom. The second-order valence-electron chi connectivity index (χ2n) is 6.72. The fourth-order valence-electron chi connectivity index (χ4n) is 3.13. The van der Waals surface area contributed by atoms with E-state index < -0.39 is 0 Å². The minimum absolute atomic E-state index is 0.224. The van der Waals surface area contributed by atoms with Gasteiger partial charge in [0.2, 0.25) is 11.8 Å². The summed E-state index contributed by atoms with van der Waals surface area (Å²) in [6.45, 7) is 8.41. The highest BCUT2D eigenvalue weighted by atomic mass is 32.1. The zero-order valence-corrected chi connectivity index (χ0v) is 16.4. The van der Waals surface area contributed by atoms with Crippen molar-refractivity contribution in [2.75, 3.05) is 26.2 Å². The first-order chi connectivity index (χ1) is 12.6. The highest BCUT2D eigenvalue weighted by molar-refractivity contribution is 7.09. The summed E-state index contributed by atoms with van der Waals surface area (Å²) in [5, 5.41) is 7.18. The third kappa shape index (κ3) is 5.35. The number of aryl methyl sites for hydroxylation is 3. The van der Waals surface area contributed by atoms with Crippen molar-refractivity contribution < 1.29 is 9.32 Å². The molecule has 7 nitrogen and oxygen atoms in total. The molecule has 0 unspecified atom stereocenters. The van der Waals surface area contributed by atoms with Crippen molar-refractivity contribution in [1.29, 1.82) is 0 Å². The van der Waals surface area contributed by atoms with E-state index in [9.17, 15) is 4.79 Å². The average Bonchev–Trinajstić information content (AvgIpc) is 3.25. The average molecular weight is 378 g/mol. The standard InChI is InChI=1S/C18H27N5O2S/c1-3-5-16-20-17(25-21-16)6-4-7-18(24)23-10-8-22(9-11-23)12-15-13-26-14(2)19-15/h13H,3-12H2,1-2H3. The Morgan fingerprint density at radius 1 is 1.23 bits per heavy atom. The number of piperazine rings is 1. The number of amides is 1. The molecule has 1 aliphatic rings. The summed E-state index contributed by atoms with van der Waals surface area (Å²) in [6, 6.07) is 0. The Labute approximate surface area is 158 Å². The van der Waals surface area contributed by atoms with E-state index in [0.29, 0.717) is 18.7 Å². The van der Waals surface area contributed by atoms with Gasteiger partial charge in [0.05, 0.1) is 10.7 Å². The van der Waals surface area contributed by atoms with Gasteiger partial charge in [0.25, 0.3) is 0 Å². The zero-order valence-electron chi connectivity index (χ0n) is 15.6. The molecule has 0 aromatic carbocycles. The van der Waals surface area contributed by atoms with Crippen LogP contribution in [0.4, 0.5) is 0 Å². The lowest BCUT2D eigenvalue weighted by Gasteiger charge is -2.34. The van der Waals surface area contributed by atoms with Crippen LogP contribution in [0.25, 0.3) is 0 Å². The van der Waals surface area contributed by atoms with E-state index in [-0.39, 0.29) is 5.91 Å². The van der Waals surface area contributed by atoms with E-state index in [1.165, 1.54) is 0 Å². The van der Waals surface area contributed by atoms with Gasteiger partial charge in [-0.05, 0) is 19.8 Å². The molecule has 1 aliphatic heterocycles. The molecule has 142 valence electrons. The van der Waals surface area contributed by atoms with E-state index in [0.717, 1.165) is 68.5 Å². The molecule has 0 saturated carbocycles. The van der Waals surface area contributed by atoms with Crippen LogP contribution in [0.2, 0.25) is 0 Å². The molecule has 1 fully saturated rings. The summed E-state index contributed by atoms with van der Waals surface area (Å²) in [5.41, 5.74) is 1.13. The van der Waals surface area contributed by atoms with Crippen molar-refractivity contribution in [2.24, 2.45) is 0 Å². The lowest BCUT2D eigenvalue weighted by molar-refractivity contribution is -0.133. The highest BCUT2D eigenvalue weighted by Crippen LogP contribution is 2.13. The van der Waals surface area contributed by atoms with Crippen molar-refractivity contribution in [3.63, 3.8) is 0 Å². The maximum atomic E-state index is 12.4. The number of hydrogen-bond donors (Lipinski definition) is 0. The largest absolute Gasteiger partial charge is 0.340 e. The Morgan fingerprint density at radius 2 is 2.04 bits per heavy atom. The van der Waals surface area contributed by atoms with Crippen LogP contribution >= 0.6 is 11.3 Å². The fraction of sp³-hybridized carbons (Fsp3) is 0.667. The van der Waals surface area contributed by atoms with E-state index in [2.05, 4.69) is 32.3 Å². The summed E-state index contributed by atoms with van der Waals surface area (Å²) in [6.07, 6.45) is 3.81. The Hall–Kier alpha value is -1.80. The molecule has 3 heterocycles. The quantitative estimate of drug-likeness (QED) is 0.703. The maximum absolute atomic E-state index is 12.4. The monoisotopic (exact) mass is 377 g/mol. The molecular formula is C18H27N5O2S. The van der Waals surface area contributed by atoms with Crippen molar-refractivity contribution in [1.82, 2.24) is 24.9 Å². The summed E-state index contributed by atoms with van der Waals surface area (Å²) < 4.78 is 5.22. The first kappa shape index (κ1) is 19.0. The van der Waals surface area contributed by atoms with Gasteiger partial charge in [-0.15, -0.1) is 11.3 Å². The number of carbonyl (C=O) groups excluding carboxylic acids is 1. The van der Waals surface area contributed by atoms with Crippen LogP contribution in [-0.2, 0) is 24.2 Å². The number of nitrogens with zero attached hydrogens (tertiary/aromatic N) is 5. The topological polar surface area (TPSA) is 75.4 Å². The minimum atomic E-state index is 0.224. The lowest BCUT2D eigenvalue weighted by Crippen LogP contribution is -2.48. The van der Waals surface area contributed by atoms with E-state index in [1.54, 1.807) is 11.3 Å². The predicted molar refractivity (Wildman–Crippen MR) is 99.9 cm³/mol. The molecule has 2 aromatic heterocycles. The van der Waals surface area contributed by atoms with E-state index in [4.69, 9.17) is 4.52 Å².